The number of hydrogen-bond donors (Lipinski definition) is 1. The molecule has 0 radical (unpaired) electrons. The number of halogens is 1. The van der Waals surface area contributed by atoms with Crippen molar-refractivity contribution in [2.24, 2.45) is 0 Å². The van der Waals surface area contributed by atoms with Crippen LogP contribution in [0.1, 0.15) is 36.5 Å². The topological polar surface area (TPSA) is 58.6 Å². The van der Waals surface area contributed by atoms with Crippen molar-refractivity contribution in [3.05, 3.63) is 28.8 Å². The summed E-state index contributed by atoms with van der Waals surface area (Å²) >= 11 is 5.93. The van der Waals surface area contributed by atoms with Crippen molar-refractivity contribution in [2.75, 3.05) is 20.2 Å². The molecule has 22 heavy (non-hydrogen) atoms. The standard InChI is InChI=1S/C16H21ClN2O3/c1-11(16(21)19-8-4-3-5-9-19)18-15(20)13-10-12(17)6-7-14(13)22-2/h6-7,10-11H,3-5,8-9H2,1-2H3,(H,18,20). The van der Waals surface area contributed by atoms with E-state index in [0.29, 0.717) is 16.3 Å². The average Bonchev–Trinajstić information content (AvgIpc) is 2.54. The van der Waals surface area contributed by atoms with Gasteiger partial charge in [0.25, 0.3) is 5.91 Å². The fraction of sp³-hybridized carbons (Fsp3) is 0.500. The first kappa shape index (κ1) is 16.6. The predicted octanol–water partition coefficient (Wildman–Crippen LogP) is 2.48. The minimum absolute atomic E-state index is 0.0472. The SMILES string of the molecule is COc1ccc(Cl)cc1C(=O)NC(C)C(=O)N1CCCCC1. The van der Waals surface area contributed by atoms with Crippen molar-refractivity contribution < 1.29 is 14.3 Å². The molecule has 5 nitrogen and oxygen atoms in total. The second kappa shape index (κ2) is 7.49. The van der Waals surface area contributed by atoms with Crippen molar-refractivity contribution in [3.8, 4) is 5.75 Å². The zero-order valence-corrected chi connectivity index (χ0v) is 13.7. The number of rotatable bonds is 4. The molecule has 0 saturated carbocycles. The van der Waals surface area contributed by atoms with Gasteiger partial charge in [-0.05, 0) is 44.4 Å². The molecule has 1 aliphatic rings. The number of likely N-dealkylation sites (tertiary alicyclic amines) is 1. The second-order valence-electron chi connectivity index (χ2n) is 5.43. The quantitative estimate of drug-likeness (QED) is 0.925. The minimum atomic E-state index is -0.575. The van der Waals surface area contributed by atoms with Crippen LogP contribution < -0.4 is 10.1 Å². The molecule has 1 unspecified atom stereocenters. The molecule has 2 rings (SSSR count). The molecule has 0 spiro atoms. The van der Waals surface area contributed by atoms with E-state index in [9.17, 15) is 9.59 Å². The van der Waals surface area contributed by atoms with E-state index in [-0.39, 0.29) is 11.8 Å². The normalized spacial score (nSPS) is 16.0. The number of hydrogen-bond acceptors (Lipinski definition) is 3. The number of methoxy groups -OCH3 is 1. The summed E-state index contributed by atoms with van der Waals surface area (Å²) < 4.78 is 5.17. The minimum Gasteiger partial charge on any atom is -0.496 e. The maximum absolute atomic E-state index is 12.4. The Labute approximate surface area is 135 Å². The highest BCUT2D eigenvalue weighted by Crippen LogP contribution is 2.22. The largest absolute Gasteiger partial charge is 0.496 e. The van der Waals surface area contributed by atoms with Crippen molar-refractivity contribution in [3.63, 3.8) is 0 Å². The van der Waals surface area contributed by atoms with Gasteiger partial charge < -0.3 is 15.0 Å². The Balaban J connectivity index is 2.04. The highest BCUT2D eigenvalue weighted by molar-refractivity contribution is 6.31. The fourth-order valence-electron chi connectivity index (χ4n) is 2.58. The Bertz CT molecular complexity index is 556. The summed E-state index contributed by atoms with van der Waals surface area (Å²) in [7, 11) is 1.49. The summed E-state index contributed by atoms with van der Waals surface area (Å²) in [6.45, 7) is 3.23. The van der Waals surface area contributed by atoms with E-state index in [4.69, 9.17) is 16.3 Å². The molecule has 0 aromatic heterocycles. The number of nitrogens with one attached hydrogen (secondary N) is 1. The Hall–Kier alpha value is -1.75. The summed E-state index contributed by atoms with van der Waals surface area (Å²) in [5.74, 6) is 0.0192. The van der Waals surface area contributed by atoms with Crippen LogP contribution in [0.3, 0.4) is 0 Å². The third-order valence-corrected chi connectivity index (χ3v) is 4.03. The first-order chi connectivity index (χ1) is 10.5. The van der Waals surface area contributed by atoms with Crippen LogP contribution in [0.25, 0.3) is 0 Å². The summed E-state index contributed by atoms with van der Waals surface area (Å²) in [5.41, 5.74) is 0.327. The Kier molecular flexibility index (Phi) is 5.66. The van der Waals surface area contributed by atoms with Gasteiger partial charge in [0, 0.05) is 18.1 Å². The van der Waals surface area contributed by atoms with Gasteiger partial charge in [-0.15, -0.1) is 0 Å². The zero-order valence-electron chi connectivity index (χ0n) is 12.9. The first-order valence-electron chi connectivity index (χ1n) is 7.46. The molecule has 0 aliphatic carbocycles. The molecule has 0 bridgehead atoms. The third-order valence-electron chi connectivity index (χ3n) is 3.79. The van der Waals surface area contributed by atoms with Gasteiger partial charge in [0.15, 0.2) is 0 Å². The van der Waals surface area contributed by atoms with E-state index >= 15 is 0 Å². The van der Waals surface area contributed by atoms with Crippen LogP contribution in [-0.4, -0.2) is 43.0 Å². The molecule has 120 valence electrons. The molecule has 2 amide bonds. The van der Waals surface area contributed by atoms with Crippen LogP contribution in [0, 0.1) is 0 Å². The highest BCUT2D eigenvalue weighted by atomic mass is 35.5. The van der Waals surface area contributed by atoms with Gasteiger partial charge in [-0.3, -0.25) is 9.59 Å². The van der Waals surface area contributed by atoms with E-state index < -0.39 is 6.04 Å². The Morgan fingerprint density at radius 3 is 2.59 bits per heavy atom. The van der Waals surface area contributed by atoms with E-state index in [1.54, 1.807) is 19.1 Å². The lowest BCUT2D eigenvalue weighted by Crippen LogP contribution is -2.48. The van der Waals surface area contributed by atoms with Crippen molar-refractivity contribution in [1.29, 1.82) is 0 Å². The summed E-state index contributed by atoms with van der Waals surface area (Å²) in [6, 6.07) is 4.25. The van der Waals surface area contributed by atoms with Gasteiger partial charge in [0.2, 0.25) is 5.91 Å². The number of benzene rings is 1. The molecule has 1 saturated heterocycles. The van der Waals surface area contributed by atoms with E-state index in [2.05, 4.69) is 5.32 Å². The number of amides is 2. The van der Waals surface area contributed by atoms with Crippen molar-refractivity contribution in [1.82, 2.24) is 10.2 Å². The predicted molar refractivity (Wildman–Crippen MR) is 85.4 cm³/mol. The monoisotopic (exact) mass is 324 g/mol. The average molecular weight is 325 g/mol. The molecule has 1 aromatic rings. The second-order valence-corrected chi connectivity index (χ2v) is 5.86. The van der Waals surface area contributed by atoms with Gasteiger partial charge in [0.05, 0.1) is 12.7 Å². The summed E-state index contributed by atoms with van der Waals surface area (Å²) in [4.78, 5) is 26.5. The first-order valence-corrected chi connectivity index (χ1v) is 7.84. The summed E-state index contributed by atoms with van der Waals surface area (Å²) in [6.07, 6.45) is 3.20. The van der Waals surface area contributed by atoms with E-state index in [0.717, 1.165) is 32.4 Å². The van der Waals surface area contributed by atoms with E-state index in [1.165, 1.54) is 13.2 Å². The highest BCUT2D eigenvalue weighted by Gasteiger charge is 2.24. The number of nitrogens with zero attached hydrogens (tertiary/aromatic N) is 1. The van der Waals surface area contributed by atoms with E-state index in [1.807, 2.05) is 4.90 Å². The lowest BCUT2D eigenvalue weighted by atomic mass is 10.1. The third kappa shape index (κ3) is 3.91. The van der Waals surface area contributed by atoms with Crippen molar-refractivity contribution in [2.45, 2.75) is 32.2 Å². The van der Waals surface area contributed by atoms with Crippen LogP contribution in [-0.2, 0) is 4.79 Å². The molecule has 1 heterocycles. The molecule has 1 fully saturated rings. The smallest absolute Gasteiger partial charge is 0.255 e. The lowest BCUT2D eigenvalue weighted by molar-refractivity contribution is -0.133. The number of carbonyl (C=O) groups is 2. The Morgan fingerprint density at radius 1 is 1.27 bits per heavy atom. The summed E-state index contributed by atoms with van der Waals surface area (Å²) in [5, 5.41) is 3.17. The maximum atomic E-state index is 12.4. The molecule has 1 atom stereocenters. The molecule has 1 aliphatic heterocycles. The van der Waals surface area contributed by atoms with Crippen LogP contribution in [0.5, 0.6) is 5.75 Å². The number of carbonyl (C=O) groups excluding carboxylic acids is 2. The van der Waals surface area contributed by atoms with Crippen LogP contribution >= 0.6 is 11.6 Å². The van der Waals surface area contributed by atoms with Gasteiger partial charge in [-0.25, -0.2) is 0 Å². The number of piperidine rings is 1. The molecular formula is C16H21ClN2O3. The van der Waals surface area contributed by atoms with Crippen molar-refractivity contribution >= 4 is 23.4 Å². The number of ether oxygens (including phenoxy) is 1. The maximum Gasteiger partial charge on any atom is 0.255 e. The molecule has 1 N–H and O–H groups in total. The van der Waals surface area contributed by atoms with Crippen LogP contribution in [0.2, 0.25) is 5.02 Å². The van der Waals surface area contributed by atoms with Gasteiger partial charge in [0.1, 0.15) is 11.8 Å². The molecule has 1 aromatic carbocycles. The molecule has 6 heteroatoms. The zero-order chi connectivity index (χ0) is 16.1. The van der Waals surface area contributed by atoms with Gasteiger partial charge >= 0.3 is 0 Å². The van der Waals surface area contributed by atoms with Crippen LogP contribution in [0.4, 0.5) is 0 Å². The Morgan fingerprint density at radius 2 is 1.95 bits per heavy atom. The fourth-order valence-corrected chi connectivity index (χ4v) is 2.75. The lowest BCUT2D eigenvalue weighted by Gasteiger charge is -2.29. The van der Waals surface area contributed by atoms with Gasteiger partial charge in [-0.1, -0.05) is 11.6 Å². The van der Waals surface area contributed by atoms with Gasteiger partial charge in [-0.2, -0.15) is 0 Å². The van der Waals surface area contributed by atoms with Crippen LogP contribution in [0.15, 0.2) is 18.2 Å². The molecular weight excluding hydrogens is 304 g/mol.